The zero-order valence-electron chi connectivity index (χ0n) is 16.5. The fourth-order valence-corrected chi connectivity index (χ4v) is 2.99. The number of hydrogen-bond acceptors (Lipinski definition) is 3. The summed E-state index contributed by atoms with van der Waals surface area (Å²) in [7, 11) is 3.45. The van der Waals surface area contributed by atoms with Crippen LogP contribution in [0.4, 0.5) is 4.79 Å². The normalized spacial score (nSPS) is 16.3. The van der Waals surface area contributed by atoms with Crippen molar-refractivity contribution in [2.45, 2.75) is 51.7 Å². The summed E-state index contributed by atoms with van der Waals surface area (Å²) in [4.78, 5) is 27.7. The zero-order valence-corrected chi connectivity index (χ0v) is 16.5. The van der Waals surface area contributed by atoms with E-state index >= 15 is 0 Å². The van der Waals surface area contributed by atoms with E-state index in [2.05, 4.69) is 19.2 Å². The second-order valence-electron chi connectivity index (χ2n) is 7.43. The van der Waals surface area contributed by atoms with Crippen molar-refractivity contribution >= 4 is 11.9 Å². The summed E-state index contributed by atoms with van der Waals surface area (Å²) < 4.78 is 5.82. The van der Waals surface area contributed by atoms with Gasteiger partial charge in [-0.25, -0.2) is 4.79 Å². The van der Waals surface area contributed by atoms with Crippen LogP contribution in [0.2, 0.25) is 0 Å². The van der Waals surface area contributed by atoms with Crippen molar-refractivity contribution in [3.05, 3.63) is 29.8 Å². The number of nitrogens with one attached hydrogen (secondary N) is 1. The third-order valence-corrected chi connectivity index (χ3v) is 4.75. The Morgan fingerprint density at radius 1 is 1.12 bits per heavy atom. The molecule has 0 aromatic heterocycles. The third-order valence-electron chi connectivity index (χ3n) is 4.75. The summed E-state index contributed by atoms with van der Waals surface area (Å²) in [5.41, 5.74) is 1.25. The molecule has 1 fully saturated rings. The number of rotatable bonds is 5. The molecule has 6 nitrogen and oxygen atoms in total. The van der Waals surface area contributed by atoms with Crippen molar-refractivity contribution in [3.63, 3.8) is 0 Å². The standard InChI is InChI=1S/C20H31N3O3/c1-14(2)16-6-8-18(9-7-16)26-15(3)19(24)23-12-10-17(11-13-23)21-20(25)22(4)5/h6-9,14-15,17H,10-13H2,1-5H3,(H,21,25)/t15-/m0/s1. The number of carbonyl (C=O) groups is 2. The summed E-state index contributed by atoms with van der Waals surface area (Å²) in [6, 6.07) is 7.95. The van der Waals surface area contributed by atoms with E-state index in [1.165, 1.54) is 10.5 Å². The second kappa shape index (κ2) is 8.92. The average molecular weight is 361 g/mol. The maximum atomic E-state index is 12.6. The zero-order chi connectivity index (χ0) is 19.3. The SMILES string of the molecule is CC(C)c1ccc(O[C@@H](C)C(=O)N2CCC(NC(=O)N(C)C)CC2)cc1. The lowest BCUT2D eigenvalue weighted by Crippen LogP contribution is -2.51. The molecule has 26 heavy (non-hydrogen) atoms. The van der Waals surface area contributed by atoms with Gasteiger partial charge in [0.05, 0.1) is 0 Å². The van der Waals surface area contributed by atoms with E-state index in [1.54, 1.807) is 21.0 Å². The van der Waals surface area contributed by atoms with Gasteiger partial charge < -0.3 is 19.9 Å². The molecule has 1 aliphatic heterocycles. The molecule has 0 bridgehead atoms. The van der Waals surface area contributed by atoms with Gasteiger partial charge in [0.1, 0.15) is 5.75 Å². The molecule has 3 amide bonds. The minimum Gasteiger partial charge on any atom is -0.481 e. The molecule has 2 rings (SSSR count). The topological polar surface area (TPSA) is 61.9 Å². The highest BCUT2D eigenvalue weighted by Gasteiger charge is 2.27. The highest BCUT2D eigenvalue weighted by atomic mass is 16.5. The Labute approximate surface area is 156 Å². The fourth-order valence-electron chi connectivity index (χ4n) is 2.99. The van der Waals surface area contributed by atoms with E-state index in [0.29, 0.717) is 24.8 Å². The molecule has 0 unspecified atom stereocenters. The lowest BCUT2D eigenvalue weighted by atomic mass is 10.0. The van der Waals surface area contributed by atoms with Crippen LogP contribution in [-0.2, 0) is 4.79 Å². The number of benzene rings is 1. The second-order valence-corrected chi connectivity index (χ2v) is 7.43. The molecule has 1 N–H and O–H groups in total. The van der Waals surface area contributed by atoms with Crippen LogP contribution in [0.5, 0.6) is 5.75 Å². The quantitative estimate of drug-likeness (QED) is 0.877. The molecule has 0 aliphatic carbocycles. The number of hydrogen-bond donors (Lipinski definition) is 1. The van der Waals surface area contributed by atoms with E-state index in [-0.39, 0.29) is 18.0 Å². The number of nitrogens with zero attached hydrogens (tertiary/aromatic N) is 2. The Bertz CT molecular complexity index is 605. The van der Waals surface area contributed by atoms with Crippen LogP contribution in [0.3, 0.4) is 0 Å². The van der Waals surface area contributed by atoms with E-state index in [0.717, 1.165) is 12.8 Å². The first-order chi connectivity index (χ1) is 12.3. The van der Waals surface area contributed by atoms with E-state index in [9.17, 15) is 9.59 Å². The first kappa shape index (κ1) is 20.1. The summed E-state index contributed by atoms with van der Waals surface area (Å²) >= 11 is 0. The van der Waals surface area contributed by atoms with Crippen molar-refractivity contribution in [1.29, 1.82) is 0 Å². The Kier molecular flexibility index (Phi) is 6.89. The molecule has 6 heteroatoms. The van der Waals surface area contributed by atoms with Gasteiger partial charge in [-0.2, -0.15) is 0 Å². The molecule has 1 aliphatic rings. The fraction of sp³-hybridized carbons (Fsp3) is 0.600. The molecule has 1 aromatic carbocycles. The van der Waals surface area contributed by atoms with Gasteiger partial charge in [-0.1, -0.05) is 26.0 Å². The van der Waals surface area contributed by atoms with Crippen LogP contribution in [0.25, 0.3) is 0 Å². The molecule has 1 aromatic rings. The molecule has 1 heterocycles. The summed E-state index contributed by atoms with van der Waals surface area (Å²) in [5.74, 6) is 1.18. The molecule has 0 saturated carbocycles. The van der Waals surface area contributed by atoms with Gasteiger partial charge in [0.15, 0.2) is 6.10 Å². The van der Waals surface area contributed by atoms with Crippen LogP contribution < -0.4 is 10.1 Å². The first-order valence-corrected chi connectivity index (χ1v) is 9.31. The maximum Gasteiger partial charge on any atom is 0.317 e. The van der Waals surface area contributed by atoms with Crippen LogP contribution >= 0.6 is 0 Å². The van der Waals surface area contributed by atoms with Crippen molar-refractivity contribution in [2.75, 3.05) is 27.2 Å². The molecule has 1 saturated heterocycles. The van der Waals surface area contributed by atoms with Gasteiger partial charge in [0.2, 0.25) is 0 Å². The third kappa shape index (κ3) is 5.38. The van der Waals surface area contributed by atoms with E-state index in [4.69, 9.17) is 4.74 Å². The monoisotopic (exact) mass is 361 g/mol. The number of likely N-dealkylation sites (tertiary alicyclic amines) is 1. The Morgan fingerprint density at radius 3 is 2.19 bits per heavy atom. The van der Waals surface area contributed by atoms with Crippen LogP contribution in [0.15, 0.2) is 24.3 Å². The number of ether oxygens (including phenoxy) is 1. The Hall–Kier alpha value is -2.24. The Morgan fingerprint density at radius 2 is 1.69 bits per heavy atom. The smallest absolute Gasteiger partial charge is 0.317 e. The summed E-state index contributed by atoms with van der Waals surface area (Å²) in [6.07, 6.45) is 1.01. The lowest BCUT2D eigenvalue weighted by Gasteiger charge is -2.34. The van der Waals surface area contributed by atoms with Crippen molar-refractivity contribution in [2.24, 2.45) is 0 Å². The summed E-state index contributed by atoms with van der Waals surface area (Å²) in [6.45, 7) is 7.35. The van der Waals surface area contributed by atoms with Gasteiger partial charge in [0.25, 0.3) is 5.91 Å². The minimum absolute atomic E-state index is 0.00433. The Balaban J connectivity index is 1.82. The van der Waals surface area contributed by atoms with Crippen molar-refractivity contribution in [3.8, 4) is 5.75 Å². The van der Waals surface area contributed by atoms with Crippen LogP contribution in [0.1, 0.15) is 45.1 Å². The van der Waals surface area contributed by atoms with Gasteiger partial charge >= 0.3 is 6.03 Å². The largest absolute Gasteiger partial charge is 0.481 e. The number of carbonyl (C=O) groups excluding carboxylic acids is 2. The van der Waals surface area contributed by atoms with Gasteiger partial charge in [-0.15, -0.1) is 0 Å². The maximum absolute atomic E-state index is 12.6. The van der Waals surface area contributed by atoms with Gasteiger partial charge in [0, 0.05) is 33.2 Å². The van der Waals surface area contributed by atoms with Crippen LogP contribution in [0, 0.1) is 0 Å². The number of urea groups is 1. The predicted octanol–water partition coefficient (Wildman–Crippen LogP) is 2.84. The highest BCUT2D eigenvalue weighted by Crippen LogP contribution is 2.20. The highest BCUT2D eigenvalue weighted by molar-refractivity contribution is 5.81. The van der Waals surface area contributed by atoms with Gasteiger partial charge in [-0.05, 0) is 43.4 Å². The van der Waals surface area contributed by atoms with Crippen molar-refractivity contribution < 1.29 is 14.3 Å². The average Bonchev–Trinajstić information content (AvgIpc) is 2.62. The van der Waals surface area contributed by atoms with E-state index < -0.39 is 6.10 Å². The van der Waals surface area contributed by atoms with E-state index in [1.807, 2.05) is 29.2 Å². The molecular weight excluding hydrogens is 330 g/mol. The molecular formula is C20H31N3O3. The predicted molar refractivity (Wildman–Crippen MR) is 102 cm³/mol. The van der Waals surface area contributed by atoms with Gasteiger partial charge in [-0.3, -0.25) is 4.79 Å². The molecule has 0 radical (unpaired) electrons. The summed E-state index contributed by atoms with van der Waals surface area (Å²) in [5, 5.41) is 2.98. The number of amides is 3. The van der Waals surface area contributed by atoms with Crippen LogP contribution in [-0.4, -0.2) is 61.1 Å². The number of piperidine rings is 1. The molecule has 0 spiro atoms. The first-order valence-electron chi connectivity index (χ1n) is 9.31. The lowest BCUT2D eigenvalue weighted by molar-refractivity contribution is -0.139. The molecule has 144 valence electrons. The minimum atomic E-state index is -0.521. The van der Waals surface area contributed by atoms with Crippen molar-refractivity contribution in [1.82, 2.24) is 15.1 Å². The molecule has 1 atom stereocenters.